The van der Waals surface area contributed by atoms with E-state index in [1.807, 2.05) is 63.2 Å². The summed E-state index contributed by atoms with van der Waals surface area (Å²) in [5, 5.41) is 4.05. The summed E-state index contributed by atoms with van der Waals surface area (Å²) < 4.78 is 0. The van der Waals surface area contributed by atoms with E-state index in [1.165, 1.54) is 11.8 Å². The Balaban J connectivity index is 2.10. The van der Waals surface area contributed by atoms with Crippen LogP contribution >= 0.6 is 35.0 Å². The van der Waals surface area contributed by atoms with E-state index in [9.17, 15) is 9.59 Å². The lowest BCUT2D eigenvalue weighted by molar-refractivity contribution is -0.139. The van der Waals surface area contributed by atoms with E-state index >= 15 is 0 Å². The monoisotopic (exact) mass is 480 g/mol. The number of carbonyl (C=O) groups excluding carboxylic acids is 2. The second-order valence-corrected chi connectivity index (χ2v) is 9.29. The number of benzene rings is 2. The molecule has 0 aliphatic heterocycles. The van der Waals surface area contributed by atoms with Gasteiger partial charge in [-0.15, -0.1) is 11.8 Å². The molecule has 0 aromatic heterocycles. The van der Waals surface area contributed by atoms with Gasteiger partial charge in [-0.3, -0.25) is 9.59 Å². The van der Waals surface area contributed by atoms with E-state index in [2.05, 4.69) is 5.32 Å². The molecule has 7 heteroatoms. The van der Waals surface area contributed by atoms with Gasteiger partial charge in [0.05, 0.1) is 15.8 Å². The zero-order valence-corrected chi connectivity index (χ0v) is 20.6. The fraction of sp³-hybridized carbons (Fsp3) is 0.417. The van der Waals surface area contributed by atoms with Crippen molar-refractivity contribution in [2.24, 2.45) is 0 Å². The zero-order valence-electron chi connectivity index (χ0n) is 18.2. The van der Waals surface area contributed by atoms with Gasteiger partial charge in [-0.05, 0) is 43.0 Å². The highest BCUT2D eigenvalue weighted by atomic mass is 35.5. The average Bonchev–Trinajstić information content (AvgIpc) is 2.76. The van der Waals surface area contributed by atoms with E-state index in [1.54, 1.807) is 11.0 Å². The number of nitrogens with one attached hydrogen (secondary N) is 1. The summed E-state index contributed by atoms with van der Waals surface area (Å²) in [5.41, 5.74) is 2.00. The third-order valence-corrected chi connectivity index (χ3v) is 6.79. The van der Waals surface area contributed by atoms with Crippen molar-refractivity contribution in [3.63, 3.8) is 0 Å². The van der Waals surface area contributed by atoms with Gasteiger partial charge in [0, 0.05) is 18.3 Å². The van der Waals surface area contributed by atoms with Crippen molar-refractivity contribution in [1.82, 2.24) is 10.2 Å². The van der Waals surface area contributed by atoms with Crippen LogP contribution in [0.5, 0.6) is 0 Å². The van der Waals surface area contributed by atoms with E-state index in [0.717, 1.165) is 17.5 Å². The summed E-state index contributed by atoms with van der Waals surface area (Å²) in [5.74, 6) is 0.758. The Labute approximate surface area is 199 Å². The second-order valence-electron chi connectivity index (χ2n) is 7.49. The standard InChI is InChI=1S/C24H30Cl2N2O2S/c1-4-17(3)27-24(30)22(5-2)28(14-18-9-7-6-8-10-18)23(29)16-31-15-19-11-12-20(25)21(26)13-19/h6-13,17,22H,4-5,14-16H2,1-3H3,(H,27,30)/t17-,22+/m0/s1. The lowest BCUT2D eigenvalue weighted by Gasteiger charge is -2.31. The lowest BCUT2D eigenvalue weighted by Crippen LogP contribution is -2.51. The third-order valence-electron chi connectivity index (χ3n) is 5.06. The molecule has 0 saturated heterocycles. The molecule has 0 radical (unpaired) electrons. The highest BCUT2D eigenvalue weighted by Gasteiger charge is 2.29. The van der Waals surface area contributed by atoms with Crippen molar-refractivity contribution >= 4 is 46.8 Å². The molecular weight excluding hydrogens is 451 g/mol. The number of nitrogens with zero attached hydrogens (tertiary/aromatic N) is 1. The van der Waals surface area contributed by atoms with Gasteiger partial charge in [0.25, 0.3) is 0 Å². The molecule has 0 aliphatic rings. The zero-order chi connectivity index (χ0) is 22.8. The average molecular weight is 481 g/mol. The molecule has 1 N–H and O–H groups in total. The minimum Gasteiger partial charge on any atom is -0.352 e. The first-order valence-electron chi connectivity index (χ1n) is 10.5. The first-order chi connectivity index (χ1) is 14.8. The summed E-state index contributed by atoms with van der Waals surface area (Å²) in [6.45, 7) is 6.34. The van der Waals surface area contributed by atoms with E-state index in [-0.39, 0.29) is 23.6 Å². The van der Waals surface area contributed by atoms with Crippen molar-refractivity contribution in [2.75, 3.05) is 5.75 Å². The number of thioether (sulfide) groups is 1. The third kappa shape index (κ3) is 8.06. The molecule has 2 aromatic carbocycles. The van der Waals surface area contributed by atoms with Gasteiger partial charge in [-0.25, -0.2) is 0 Å². The van der Waals surface area contributed by atoms with Gasteiger partial charge in [0.2, 0.25) is 11.8 Å². The fourth-order valence-corrected chi connectivity index (χ4v) is 4.29. The van der Waals surface area contributed by atoms with Crippen LogP contribution in [0.2, 0.25) is 10.0 Å². The first-order valence-corrected chi connectivity index (χ1v) is 12.4. The quantitative estimate of drug-likeness (QED) is 0.432. The summed E-state index contributed by atoms with van der Waals surface area (Å²) in [6, 6.07) is 14.8. The van der Waals surface area contributed by atoms with E-state index < -0.39 is 6.04 Å². The Kier molecular flexibility index (Phi) is 10.7. The molecule has 2 atom stereocenters. The van der Waals surface area contributed by atoms with Crippen molar-refractivity contribution in [3.05, 3.63) is 69.7 Å². The van der Waals surface area contributed by atoms with Crippen LogP contribution in [0.3, 0.4) is 0 Å². The molecular formula is C24H30Cl2N2O2S. The van der Waals surface area contributed by atoms with Gasteiger partial charge < -0.3 is 10.2 Å². The maximum Gasteiger partial charge on any atom is 0.243 e. The summed E-state index contributed by atoms with van der Waals surface area (Å²) in [6.07, 6.45) is 1.40. The Morgan fingerprint density at radius 3 is 2.32 bits per heavy atom. The fourth-order valence-electron chi connectivity index (χ4n) is 3.11. The molecule has 168 valence electrons. The molecule has 0 heterocycles. The van der Waals surface area contributed by atoms with Crippen molar-refractivity contribution < 1.29 is 9.59 Å². The topological polar surface area (TPSA) is 49.4 Å². The molecule has 0 aliphatic carbocycles. The van der Waals surface area contributed by atoms with Crippen LogP contribution < -0.4 is 5.32 Å². The van der Waals surface area contributed by atoms with Gasteiger partial charge in [0.1, 0.15) is 6.04 Å². The Morgan fingerprint density at radius 1 is 1.00 bits per heavy atom. The van der Waals surface area contributed by atoms with Crippen molar-refractivity contribution in [3.8, 4) is 0 Å². The molecule has 2 amide bonds. The first kappa shape index (κ1) is 25.6. The van der Waals surface area contributed by atoms with E-state index in [4.69, 9.17) is 23.2 Å². The van der Waals surface area contributed by atoms with Crippen molar-refractivity contribution in [1.29, 1.82) is 0 Å². The van der Waals surface area contributed by atoms with Crippen LogP contribution in [-0.2, 0) is 21.9 Å². The Morgan fingerprint density at radius 2 is 1.71 bits per heavy atom. The molecule has 0 bridgehead atoms. The Hall–Kier alpha value is -1.69. The molecule has 0 unspecified atom stereocenters. The molecule has 31 heavy (non-hydrogen) atoms. The largest absolute Gasteiger partial charge is 0.352 e. The molecule has 0 fully saturated rings. The predicted molar refractivity (Wildman–Crippen MR) is 132 cm³/mol. The number of rotatable bonds is 11. The highest BCUT2D eigenvalue weighted by Crippen LogP contribution is 2.25. The van der Waals surface area contributed by atoms with Crippen LogP contribution in [-0.4, -0.2) is 34.6 Å². The SMILES string of the molecule is CC[C@H](C(=O)N[C@@H](C)CC)N(Cc1ccccc1)C(=O)CSCc1ccc(Cl)c(Cl)c1. The lowest BCUT2D eigenvalue weighted by atomic mass is 10.1. The van der Waals surface area contributed by atoms with Gasteiger partial charge in [-0.1, -0.05) is 73.4 Å². The van der Waals surface area contributed by atoms with Crippen LogP contribution in [0.25, 0.3) is 0 Å². The van der Waals surface area contributed by atoms with Crippen LogP contribution in [0.4, 0.5) is 0 Å². The van der Waals surface area contributed by atoms with Crippen LogP contribution in [0, 0.1) is 0 Å². The van der Waals surface area contributed by atoms with Gasteiger partial charge in [0.15, 0.2) is 0 Å². The Bertz CT molecular complexity index is 864. The highest BCUT2D eigenvalue weighted by molar-refractivity contribution is 7.99. The number of hydrogen-bond donors (Lipinski definition) is 1. The maximum absolute atomic E-state index is 13.2. The maximum atomic E-state index is 13.2. The number of halogens is 2. The summed E-state index contributed by atoms with van der Waals surface area (Å²) >= 11 is 13.6. The van der Waals surface area contributed by atoms with Gasteiger partial charge in [-0.2, -0.15) is 0 Å². The molecule has 0 spiro atoms. The molecule has 4 nitrogen and oxygen atoms in total. The number of carbonyl (C=O) groups is 2. The summed E-state index contributed by atoms with van der Waals surface area (Å²) in [4.78, 5) is 27.8. The van der Waals surface area contributed by atoms with Crippen LogP contribution in [0.1, 0.15) is 44.7 Å². The van der Waals surface area contributed by atoms with Crippen molar-refractivity contribution in [2.45, 2.75) is 58.0 Å². The molecule has 0 saturated carbocycles. The molecule has 2 aromatic rings. The van der Waals surface area contributed by atoms with Crippen LogP contribution in [0.15, 0.2) is 48.5 Å². The molecule has 2 rings (SSSR count). The minimum absolute atomic E-state index is 0.0555. The van der Waals surface area contributed by atoms with Gasteiger partial charge >= 0.3 is 0 Å². The predicted octanol–water partition coefficient (Wildman–Crippen LogP) is 5.95. The normalized spacial score (nSPS) is 12.8. The smallest absolute Gasteiger partial charge is 0.243 e. The summed E-state index contributed by atoms with van der Waals surface area (Å²) in [7, 11) is 0. The number of hydrogen-bond acceptors (Lipinski definition) is 3. The minimum atomic E-state index is -0.507. The number of amides is 2. The van der Waals surface area contributed by atoms with E-state index in [0.29, 0.717) is 28.8 Å². The second kappa shape index (κ2) is 13.0.